The number of carbonyl (C=O) groups is 1. The average molecular weight is 376 g/mol. The lowest BCUT2D eigenvalue weighted by atomic mass is 10.1. The zero-order valence-corrected chi connectivity index (χ0v) is 13.3. The van der Waals surface area contributed by atoms with Crippen LogP contribution in [0.5, 0.6) is 0 Å². The molecule has 0 saturated heterocycles. The highest BCUT2D eigenvalue weighted by molar-refractivity contribution is 7.89. The molecule has 25 heavy (non-hydrogen) atoms. The van der Waals surface area contributed by atoms with Crippen molar-refractivity contribution in [1.82, 2.24) is 9.46 Å². The lowest BCUT2D eigenvalue weighted by Crippen LogP contribution is -2.36. The van der Waals surface area contributed by atoms with Crippen LogP contribution in [0.4, 0.5) is 13.2 Å². The van der Waals surface area contributed by atoms with E-state index in [1.54, 1.807) is 0 Å². The zero-order valence-electron chi connectivity index (χ0n) is 12.4. The van der Waals surface area contributed by atoms with Crippen molar-refractivity contribution in [3.8, 4) is 0 Å². The lowest BCUT2D eigenvalue weighted by molar-refractivity contribution is -0.137. The molecule has 2 aromatic rings. The van der Waals surface area contributed by atoms with Crippen molar-refractivity contribution in [2.75, 3.05) is 6.54 Å². The van der Waals surface area contributed by atoms with Gasteiger partial charge in [-0.25, -0.2) is 13.2 Å². The molecule has 0 saturated carbocycles. The van der Waals surface area contributed by atoms with Gasteiger partial charge in [-0.3, -0.25) is 0 Å². The molecule has 0 radical (unpaired) electrons. The van der Waals surface area contributed by atoms with Crippen molar-refractivity contribution in [2.24, 2.45) is 0 Å². The Morgan fingerprint density at radius 1 is 1.32 bits per heavy atom. The molecule has 1 N–H and O–H groups in total. The summed E-state index contributed by atoms with van der Waals surface area (Å²) < 4.78 is 69.5. The number of carboxylic acid groups (broad SMARTS) is 1. The summed E-state index contributed by atoms with van der Waals surface area (Å²) in [5.41, 5.74) is -1.38. The number of rotatable bonds is 3. The summed E-state index contributed by atoms with van der Waals surface area (Å²) in [6.07, 6.45) is -4.60. The molecular weight excluding hydrogens is 365 g/mol. The van der Waals surface area contributed by atoms with Crippen molar-refractivity contribution in [2.45, 2.75) is 24.0 Å². The molecule has 134 valence electrons. The van der Waals surface area contributed by atoms with Gasteiger partial charge in [0, 0.05) is 25.1 Å². The Kier molecular flexibility index (Phi) is 4.07. The highest BCUT2D eigenvalue weighted by atomic mass is 32.2. The smallest absolute Gasteiger partial charge is 0.416 e. The van der Waals surface area contributed by atoms with Crippen LogP contribution in [0.25, 0.3) is 0 Å². The van der Waals surface area contributed by atoms with Gasteiger partial charge >= 0.3 is 12.1 Å². The van der Waals surface area contributed by atoms with Crippen LogP contribution in [-0.4, -0.2) is 35.5 Å². The summed E-state index contributed by atoms with van der Waals surface area (Å²) in [4.78, 5) is 10.6. The Labute approximate surface area is 139 Å². The van der Waals surface area contributed by atoms with Crippen molar-refractivity contribution in [1.29, 1.82) is 0 Å². The Bertz CT molecular complexity index is 936. The molecule has 0 spiro atoms. The molecule has 0 fully saturated rings. The zero-order chi connectivity index (χ0) is 18.4. The highest BCUT2D eigenvalue weighted by Gasteiger charge is 2.36. The standard InChI is InChI=1S/C14H11F3N2O5S/c15-14(16,17)8-2-1-3-9(6-8)25(22,23)19-5-4-11-10(7-19)12(13(20)21)18-24-11/h1-3,6H,4-5,7H2,(H,20,21). The van der Waals surface area contributed by atoms with E-state index < -0.39 is 38.3 Å². The number of aromatic nitrogens is 1. The molecule has 0 atom stereocenters. The minimum atomic E-state index is -4.68. The molecule has 7 nitrogen and oxygen atoms in total. The van der Waals surface area contributed by atoms with E-state index in [2.05, 4.69) is 5.16 Å². The third-order valence-corrected chi connectivity index (χ3v) is 5.64. The van der Waals surface area contributed by atoms with E-state index in [9.17, 15) is 26.4 Å². The maximum atomic E-state index is 12.8. The Morgan fingerprint density at radius 2 is 2.04 bits per heavy atom. The molecule has 0 unspecified atom stereocenters. The molecular formula is C14H11F3N2O5S. The van der Waals surface area contributed by atoms with E-state index >= 15 is 0 Å². The third-order valence-electron chi connectivity index (χ3n) is 3.79. The van der Waals surface area contributed by atoms with Gasteiger partial charge in [0.1, 0.15) is 5.76 Å². The normalized spacial score (nSPS) is 15.8. The van der Waals surface area contributed by atoms with Crippen LogP contribution in [0.2, 0.25) is 0 Å². The van der Waals surface area contributed by atoms with Gasteiger partial charge in [0.05, 0.1) is 10.5 Å². The maximum absolute atomic E-state index is 12.8. The molecule has 0 amide bonds. The minimum Gasteiger partial charge on any atom is -0.476 e. The SMILES string of the molecule is O=C(O)c1noc2c1CN(S(=O)(=O)c1cccc(C(F)(F)F)c1)CC2. The summed E-state index contributed by atoms with van der Waals surface area (Å²) in [6.45, 7) is -0.390. The van der Waals surface area contributed by atoms with Crippen LogP contribution in [0, 0.1) is 0 Å². The van der Waals surface area contributed by atoms with E-state index in [-0.39, 0.29) is 30.8 Å². The van der Waals surface area contributed by atoms with Crippen molar-refractivity contribution < 1.29 is 36.0 Å². The second-order valence-corrected chi connectivity index (χ2v) is 7.29. The number of benzene rings is 1. The first kappa shape index (κ1) is 17.4. The number of halogens is 3. The number of fused-ring (bicyclic) bond motifs is 1. The molecule has 2 heterocycles. The quantitative estimate of drug-likeness (QED) is 0.881. The first-order chi connectivity index (χ1) is 11.6. The Balaban J connectivity index is 1.96. The number of alkyl halides is 3. The van der Waals surface area contributed by atoms with E-state index in [1.165, 1.54) is 0 Å². The van der Waals surface area contributed by atoms with Crippen LogP contribution in [0.15, 0.2) is 33.7 Å². The maximum Gasteiger partial charge on any atom is 0.416 e. The number of nitrogens with zero attached hydrogens (tertiary/aromatic N) is 2. The molecule has 1 aromatic heterocycles. The molecule has 0 aliphatic carbocycles. The topological polar surface area (TPSA) is 101 Å². The predicted molar refractivity (Wildman–Crippen MR) is 76.2 cm³/mol. The molecule has 0 bridgehead atoms. The Hall–Kier alpha value is -2.40. The average Bonchev–Trinajstić information content (AvgIpc) is 2.97. The van der Waals surface area contributed by atoms with Crippen LogP contribution in [0.3, 0.4) is 0 Å². The fourth-order valence-electron chi connectivity index (χ4n) is 2.54. The minimum absolute atomic E-state index is 0.0557. The molecule has 1 aliphatic heterocycles. The van der Waals surface area contributed by atoms with Gasteiger partial charge in [0.15, 0.2) is 5.69 Å². The van der Waals surface area contributed by atoms with Crippen LogP contribution >= 0.6 is 0 Å². The first-order valence-corrected chi connectivity index (χ1v) is 8.43. The molecule has 3 rings (SSSR count). The van der Waals surface area contributed by atoms with Gasteiger partial charge in [0.25, 0.3) is 0 Å². The monoisotopic (exact) mass is 376 g/mol. The largest absolute Gasteiger partial charge is 0.476 e. The molecule has 1 aromatic carbocycles. The Morgan fingerprint density at radius 3 is 2.68 bits per heavy atom. The number of hydrogen-bond acceptors (Lipinski definition) is 5. The second-order valence-electron chi connectivity index (χ2n) is 5.35. The highest BCUT2D eigenvalue weighted by Crippen LogP contribution is 2.32. The summed E-state index contributed by atoms with van der Waals surface area (Å²) >= 11 is 0. The van der Waals surface area contributed by atoms with E-state index in [4.69, 9.17) is 9.63 Å². The van der Waals surface area contributed by atoms with Crippen molar-refractivity contribution >= 4 is 16.0 Å². The summed E-state index contributed by atoms with van der Waals surface area (Å²) in [5.74, 6) is -1.11. The third kappa shape index (κ3) is 3.12. The first-order valence-electron chi connectivity index (χ1n) is 6.99. The predicted octanol–water partition coefficient (Wildman–Crippen LogP) is 2.14. The van der Waals surface area contributed by atoms with E-state index in [0.29, 0.717) is 6.07 Å². The summed E-state index contributed by atoms with van der Waals surface area (Å²) in [7, 11) is -4.24. The number of hydrogen-bond donors (Lipinski definition) is 1. The van der Waals surface area contributed by atoms with Gasteiger partial charge in [-0.15, -0.1) is 0 Å². The fraction of sp³-hybridized carbons (Fsp3) is 0.286. The van der Waals surface area contributed by atoms with Crippen LogP contribution < -0.4 is 0 Å². The molecule has 1 aliphatic rings. The summed E-state index contributed by atoms with van der Waals surface area (Å²) in [6, 6.07) is 3.39. The van der Waals surface area contributed by atoms with Crippen LogP contribution in [0.1, 0.15) is 27.4 Å². The number of aromatic carboxylic acids is 1. The number of carboxylic acids is 1. The lowest BCUT2D eigenvalue weighted by Gasteiger charge is -2.25. The summed E-state index contributed by atoms with van der Waals surface area (Å²) in [5, 5.41) is 12.4. The van der Waals surface area contributed by atoms with E-state index in [0.717, 1.165) is 22.5 Å². The van der Waals surface area contributed by atoms with E-state index in [1.807, 2.05) is 0 Å². The van der Waals surface area contributed by atoms with Crippen molar-refractivity contribution in [3.63, 3.8) is 0 Å². The number of sulfonamides is 1. The fourth-order valence-corrected chi connectivity index (χ4v) is 3.99. The second kappa shape index (κ2) is 5.85. The van der Waals surface area contributed by atoms with Gasteiger partial charge in [-0.05, 0) is 18.2 Å². The van der Waals surface area contributed by atoms with Gasteiger partial charge in [0.2, 0.25) is 10.0 Å². The van der Waals surface area contributed by atoms with Gasteiger partial charge in [-0.2, -0.15) is 17.5 Å². The van der Waals surface area contributed by atoms with Crippen molar-refractivity contribution in [3.05, 3.63) is 46.8 Å². The van der Waals surface area contributed by atoms with Crippen LogP contribution in [-0.2, 0) is 29.2 Å². The molecule has 11 heteroatoms. The van der Waals surface area contributed by atoms with Gasteiger partial charge < -0.3 is 9.63 Å². The van der Waals surface area contributed by atoms with Gasteiger partial charge in [-0.1, -0.05) is 11.2 Å².